The molecule has 1 aromatic carbocycles. The molecule has 7 nitrogen and oxygen atoms in total. The van der Waals surface area contributed by atoms with E-state index in [2.05, 4.69) is 21.1 Å². The van der Waals surface area contributed by atoms with Crippen LogP contribution in [0, 0.1) is 0 Å². The highest BCUT2D eigenvalue weighted by Gasteiger charge is 2.29. The molecule has 0 N–H and O–H groups in total. The molecule has 0 saturated carbocycles. The summed E-state index contributed by atoms with van der Waals surface area (Å²) in [5, 5.41) is 4.21. The number of pyridine rings is 1. The van der Waals surface area contributed by atoms with Gasteiger partial charge in [0, 0.05) is 44.6 Å². The van der Waals surface area contributed by atoms with Crippen LogP contribution in [0.3, 0.4) is 0 Å². The van der Waals surface area contributed by atoms with Gasteiger partial charge >= 0.3 is 0 Å². The molecule has 1 fully saturated rings. The minimum absolute atomic E-state index is 0.114. The van der Waals surface area contributed by atoms with Crippen LogP contribution in [0.1, 0.15) is 29.0 Å². The van der Waals surface area contributed by atoms with Gasteiger partial charge in [-0.2, -0.15) is 0 Å². The molecular formula is C21H23N5O2. The van der Waals surface area contributed by atoms with Crippen molar-refractivity contribution in [3.8, 4) is 11.3 Å². The van der Waals surface area contributed by atoms with Crippen LogP contribution >= 0.6 is 0 Å². The lowest BCUT2D eigenvalue weighted by Crippen LogP contribution is -2.43. The number of hydrogen-bond donors (Lipinski definition) is 0. The van der Waals surface area contributed by atoms with Gasteiger partial charge in [0.25, 0.3) is 5.91 Å². The maximum Gasteiger partial charge on any atom is 0.294 e. The first kappa shape index (κ1) is 18.3. The molecule has 3 aromatic rings. The van der Waals surface area contributed by atoms with Crippen molar-refractivity contribution < 1.29 is 9.53 Å². The second-order valence-corrected chi connectivity index (χ2v) is 6.93. The Morgan fingerprint density at radius 1 is 1.18 bits per heavy atom. The third-order valence-electron chi connectivity index (χ3n) is 4.92. The van der Waals surface area contributed by atoms with Crippen molar-refractivity contribution in [2.75, 3.05) is 13.2 Å². The maximum absolute atomic E-state index is 13.2. The van der Waals surface area contributed by atoms with E-state index in [4.69, 9.17) is 4.74 Å². The molecule has 1 saturated heterocycles. The number of nitrogens with zero attached hydrogens (tertiary/aromatic N) is 5. The Kier molecular flexibility index (Phi) is 5.43. The Balaban J connectivity index is 1.61. The summed E-state index contributed by atoms with van der Waals surface area (Å²) in [5.41, 5.74) is 3.01. The lowest BCUT2D eigenvalue weighted by Gasteiger charge is -2.33. The van der Waals surface area contributed by atoms with Crippen molar-refractivity contribution in [3.05, 3.63) is 66.4 Å². The maximum atomic E-state index is 13.2. The van der Waals surface area contributed by atoms with Crippen molar-refractivity contribution in [1.29, 1.82) is 0 Å². The van der Waals surface area contributed by atoms with E-state index in [1.165, 1.54) is 0 Å². The summed E-state index contributed by atoms with van der Waals surface area (Å²) < 4.78 is 7.04. The van der Waals surface area contributed by atoms with Crippen molar-refractivity contribution in [2.45, 2.75) is 25.4 Å². The summed E-state index contributed by atoms with van der Waals surface area (Å²) in [6.45, 7) is 1.83. The average molecular weight is 377 g/mol. The molecule has 2 aromatic heterocycles. The van der Waals surface area contributed by atoms with Crippen LogP contribution < -0.4 is 0 Å². The minimum atomic E-state index is -0.143. The standard InChI is InChI=1S/C21H23N5O2/c1-25-15-23-20(24-25)21(27)26(18-8-11-28-12-9-18)14-16-5-4-6-17(13-16)19-7-2-3-10-22-19/h2-7,10,13,15,18H,8-9,11-12,14H2,1H3. The summed E-state index contributed by atoms with van der Waals surface area (Å²) in [7, 11) is 1.76. The zero-order valence-electron chi connectivity index (χ0n) is 15.9. The molecule has 0 aliphatic carbocycles. The molecule has 28 heavy (non-hydrogen) atoms. The second-order valence-electron chi connectivity index (χ2n) is 6.93. The number of benzene rings is 1. The van der Waals surface area contributed by atoms with Crippen molar-refractivity contribution in [3.63, 3.8) is 0 Å². The highest BCUT2D eigenvalue weighted by molar-refractivity contribution is 5.90. The fraction of sp³-hybridized carbons (Fsp3) is 0.333. The highest BCUT2D eigenvalue weighted by Crippen LogP contribution is 2.22. The van der Waals surface area contributed by atoms with Gasteiger partial charge in [-0.15, -0.1) is 5.10 Å². The van der Waals surface area contributed by atoms with Gasteiger partial charge in [-0.25, -0.2) is 4.98 Å². The van der Waals surface area contributed by atoms with E-state index in [1.807, 2.05) is 41.3 Å². The number of amides is 1. The van der Waals surface area contributed by atoms with E-state index in [1.54, 1.807) is 24.3 Å². The van der Waals surface area contributed by atoms with E-state index in [0.717, 1.165) is 29.7 Å². The molecular weight excluding hydrogens is 354 g/mol. The lowest BCUT2D eigenvalue weighted by molar-refractivity contribution is 0.0260. The van der Waals surface area contributed by atoms with Crippen LogP contribution in [0.25, 0.3) is 11.3 Å². The summed E-state index contributed by atoms with van der Waals surface area (Å²) in [5.74, 6) is 0.0885. The van der Waals surface area contributed by atoms with Gasteiger partial charge in [-0.05, 0) is 36.6 Å². The third-order valence-corrected chi connectivity index (χ3v) is 4.92. The van der Waals surface area contributed by atoms with Gasteiger partial charge in [0.05, 0.1) is 5.69 Å². The van der Waals surface area contributed by atoms with Gasteiger partial charge in [-0.3, -0.25) is 14.5 Å². The Morgan fingerprint density at radius 3 is 2.75 bits per heavy atom. The molecule has 1 amide bonds. The second kappa shape index (κ2) is 8.31. The van der Waals surface area contributed by atoms with Gasteiger partial charge < -0.3 is 9.64 Å². The Labute approximate surface area is 164 Å². The van der Waals surface area contributed by atoms with Crippen LogP contribution in [0.15, 0.2) is 55.0 Å². The van der Waals surface area contributed by atoms with Gasteiger partial charge in [-0.1, -0.05) is 24.3 Å². The SMILES string of the molecule is Cn1cnc(C(=O)N(Cc2cccc(-c3ccccn3)c2)C2CCOCC2)n1. The lowest BCUT2D eigenvalue weighted by atomic mass is 10.0. The quantitative estimate of drug-likeness (QED) is 0.684. The Bertz CT molecular complexity index is 935. The zero-order valence-corrected chi connectivity index (χ0v) is 15.9. The highest BCUT2D eigenvalue weighted by atomic mass is 16.5. The molecule has 0 unspecified atom stereocenters. The molecule has 4 rings (SSSR count). The first-order valence-corrected chi connectivity index (χ1v) is 9.45. The summed E-state index contributed by atoms with van der Waals surface area (Å²) in [6, 6.07) is 14.1. The molecule has 0 spiro atoms. The molecule has 0 atom stereocenters. The third kappa shape index (κ3) is 4.09. The largest absolute Gasteiger partial charge is 0.381 e. The first-order valence-electron chi connectivity index (χ1n) is 9.45. The van der Waals surface area contributed by atoms with Crippen molar-refractivity contribution in [1.82, 2.24) is 24.6 Å². The number of carbonyl (C=O) groups is 1. The average Bonchev–Trinajstić information content (AvgIpc) is 3.19. The van der Waals surface area contributed by atoms with Crippen LogP contribution in [0.2, 0.25) is 0 Å². The molecule has 144 valence electrons. The normalized spacial score (nSPS) is 14.8. The van der Waals surface area contributed by atoms with Crippen molar-refractivity contribution in [2.24, 2.45) is 7.05 Å². The molecule has 1 aliphatic rings. The van der Waals surface area contributed by atoms with Crippen LogP contribution in [0.4, 0.5) is 0 Å². The van der Waals surface area contributed by atoms with Crippen LogP contribution in [-0.4, -0.2) is 49.8 Å². The first-order chi connectivity index (χ1) is 13.7. The van der Waals surface area contributed by atoms with E-state index < -0.39 is 0 Å². The number of carbonyl (C=O) groups excluding carboxylic acids is 1. The fourth-order valence-corrected chi connectivity index (χ4v) is 3.49. The number of aromatic nitrogens is 4. The summed E-state index contributed by atoms with van der Waals surface area (Å²) in [6.07, 6.45) is 4.97. The predicted molar refractivity (Wildman–Crippen MR) is 104 cm³/mol. The molecule has 0 bridgehead atoms. The minimum Gasteiger partial charge on any atom is -0.381 e. The smallest absolute Gasteiger partial charge is 0.294 e. The topological polar surface area (TPSA) is 73.1 Å². The van der Waals surface area contributed by atoms with Gasteiger partial charge in [0.1, 0.15) is 6.33 Å². The number of aryl methyl sites for hydroxylation is 1. The van der Waals surface area contributed by atoms with E-state index in [9.17, 15) is 4.79 Å². The Morgan fingerprint density at radius 2 is 2.04 bits per heavy atom. The number of ether oxygens (including phenoxy) is 1. The number of rotatable bonds is 5. The summed E-state index contributed by atoms with van der Waals surface area (Å²) in [4.78, 5) is 23.6. The van der Waals surface area contributed by atoms with Crippen LogP contribution in [0.5, 0.6) is 0 Å². The molecule has 1 aliphatic heterocycles. The monoisotopic (exact) mass is 377 g/mol. The molecule has 0 radical (unpaired) electrons. The summed E-state index contributed by atoms with van der Waals surface area (Å²) >= 11 is 0. The zero-order chi connectivity index (χ0) is 19.3. The molecule has 7 heteroatoms. The van der Waals surface area contributed by atoms with E-state index >= 15 is 0 Å². The van der Waals surface area contributed by atoms with Gasteiger partial charge in [0.2, 0.25) is 5.82 Å². The number of hydrogen-bond acceptors (Lipinski definition) is 5. The Hall–Kier alpha value is -3.06. The van der Waals surface area contributed by atoms with Crippen molar-refractivity contribution >= 4 is 5.91 Å². The predicted octanol–water partition coefficient (Wildman–Crippen LogP) is 2.70. The van der Waals surface area contributed by atoms with Crippen LogP contribution in [-0.2, 0) is 18.3 Å². The van der Waals surface area contributed by atoms with E-state index in [-0.39, 0.29) is 17.8 Å². The fourth-order valence-electron chi connectivity index (χ4n) is 3.49. The van der Waals surface area contributed by atoms with E-state index in [0.29, 0.717) is 19.8 Å². The molecule has 3 heterocycles. The van der Waals surface area contributed by atoms with Gasteiger partial charge in [0.15, 0.2) is 0 Å².